The molecule has 2 nitrogen and oxygen atoms in total. The molecule has 0 aliphatic carbocycles. The fourth-order valence-electron chi connectivity index (χ4n) is 7.11. The molecule has 0 saturated carbocycles. The van der Waals surface area contributed by atoms with E-state index in [-0.39, 0.29) is 16.5 Å². The Morgan fingerprint density at radius 1 is 0.426 bits per heavy atom. The van der Waals surface area contributed by atoms with Gasteiger partial charge in [0, 0.05) is 22.3 Å². The molecule has 3 rings (SSSR count). The maximum atomic E-state index is 11.8. The SMILES string of the molecule is CCCCCc1cccc(C2=C(CCCC)C(CCCC)=C(c3cccc(CCCC)c3)[N+]2=[N-])c1.[CH2-]CCCCCCCC.[CH2-]CCCCCCCC.[Ni+2]. The zero-order valence-electron chi connectivity index (χ0n) is 36.3. The van der Waals surface area contributed by atoms with E-state index < -0.39 is 0 Å². The summed E-state index contributed by atoms with van der Waals surface area (Å²) in [5.74, 6) is 0. The van der Waals surface area contributed by atoms with E-state index in [4.69, 9.17) is 0 Å². The molecular weight excluding hydrogens is 699 g/mol. The molecule has 1 aliphatic heterocycles. The normalized spacial score (nSPS) is 12.3. The Balaban J connectivity index is 0.00000122. The summed E-state index contributed by atoms with van der Waals surface area (Å²) in [6, 6.07) is 17.8. The minimum Gasteiger partial charge on any atom is -0.493 e. The standard InChI is InChI=1S/C33H46N2.2C9H19.Ni/c1-5-9-13-17-27-19-15-21-29(25-27)33-31(23-12-8-4)30(22-11-7-3)32(35(33)34)28-20-14-18-26(24-28)16-10-6-2;2*1-3-5-7-9-8-6-4-2;/h14-15,18-21,24-25H,5-13,16-17,22-23H2,1-4H3;2*1,3-9H2,2H3;/q;2*-1;+2. The summed E-state index contributed by atoms with van der Waals surface area (Å²) in [5.41, 5.74) is 21.5. The molecule has 0 bridgehead atoms. The van der Waals surface area contributed by atoms with Gasteiger partial charge in [-0.25, -0.2) is 4.70 Å². The first kappa shape index (κ1) is 52.0. The van der Waals surface area contributed by atoms with Gasteiger partial charge in [0.25, 0.3) is 0 Å². The van der Waals surface area contributed by atoms with Gasteiger partial charge in [0.15, 0.2) is 0 Å². The first-order valence-electron chi connectivity index (χ1n) is 22.7. The van der Waals surface area contributed by atoms with Crippen LogP contribution in [0.4, 0.5) is 0 Å². The van der Waals surface area contributed by atoms with Gasteiger partial charge >= 0.3 is 16.5 Å². The third kappa shape index (κ3) is 21.4. The third-order valence-corrected chi connectivity index (χ3v) is 10.4. The number of unbranched alkanes of at least 4 members (excludes halogenated alkanes) is 17. The largest absolute Gasteiger partial charge is 2.00 e. The molecule has 0 amide bonds. The number of rotatable bonds is 27. The van der Waals surface area contributed by atoms with Gasteiger partial charge in [-0.3, -0.25) is 0 Å². The second-order valence-electron chi connectivity index (χ2n) is 15.4. The van der Waals surface area contributed by atoms with Crippen LogP contribution in [0.15, 0.2) is 59.7 Å². The van der Waals surface area contributed by atoms with Crippen molar-refractivity contribution in [2.45, 2.75) is 215 Å². The summed E-state index contributed by atoms with van der Waals surface area (Å²) in [7, 11) is 0. The van der Waals surface area contributed by atoms with E-state index in [1.807, 2.05) is 0 Å². The zero-order chi connectivity index (χ0) is 38.9. The van der Waals surface area contributed by atoms with Crippen LogP contribution in [0.25, 0.3) is 16.9 Å². The Labute approximate surface area is 347 Å². The fourth-order valence-corrected chi connectivity index (χ4v) is 7.11. The second kappa shape index (κ2) is 35.4. The van der Waals surface area contributed by atoms with E-state index in [0.29, 0.717) is 0 Å². The van der Waals surface area contributed by atoms with Crippen molar-refractivity contribution >= 4 is 11.4 Å². The predicted octanol–water partition coefficient (Wildman–Crippen LogP) is 17.5. The van der Waals surface area contributed by atoms with Crippen molar-refractivity contribution in [3.05, 3.63) is 101 Å². The number of nitrogens with zero attached hydrogens (tertiary/aromatic N) is 2. The Kier molecular flexibility index (Phi) is 34.1. The van der Waals surface area contributed by atoms with Crippen molar-refractivity contribution in [2.24, 2.45) is 0 Å². The molecule has 0 spiro atoms. The van der Waals surface area contributed by atoms with E-state index in [9.17, 15) is 5.53 Å². The summed E-state index contributed by atoms with van der Waals surface area (Å²) < 4.78 is 1.54. The number of aryl methyl sites for hydroxylation is 2. The van der Waals surface area contributed by atoms with Gasteiger partial charge < -0.3 is 19.4 Å². The van der Waals surface area contributed by atoms with Crippen molar-refractivity contribution in [1.82, 2.24) is 0 Å². The van der Waals surface area contributed by atoms with E-state index in [2.05, 4.69) is 104 Å². The zero-order valence-corrected chi connectivity index (χ0v) is 37.3. The molecule has 54 heavy (non-hydrogen) atoms. The van der Waals surface area contributed by atoms with Gasteiger partial charge in [0.05, 0.1) is 0 Å². The van der Waals surface area contributed by atoms with E-state index in [0.717, 1.165) is 86.7 Å². The fraction of sp³-hybridized carbons (Fsp3) is 0.647. The molecule has 1 heterocycles. The molecule has 0 fully saturated rings. The predicted molar refractivity (Wildman–Crippen MR) is 238 cm³/mol. The monoisotopic (exact) mass is 783 g/mol. The van der Waals surface area contributed by atoms with E-state index >= 15 is 0 Å². The van der Waals surface area contributed by atoms with E-state index in [1.165, 1.54) is 131 Å². The summed E-state index contributed by atoms with van der Waals surface area (Å²) >= 11 is 0. The summed E-state index contributed by atoms with van der Waals surface area (Å²) in [5, 5.41) is 0. The minimum absolute atomic E-state index is 0. The van der Waals surface area contributed by atoms with Gasteiger partial charge in [-0.2, -0.15) is 12.8 Å². The van der Waals surface area contributed by atoms with Crippen LogP contribution in [0.1, 0.15) is 224 Å². The Hall–Kier alpha value is -1.99. The van der Waals surface area contributed by atoms with Crippen LogP contribution >= 0.6 is 0 Å². The number of hydrogen-bond acceptors (Lipinski definition) is 0. The van der Waals surface area contributed by atoms with Crippen molar-refractivity contribution in [1.29, 1.82) is 0 Å². The quantitative estimate of drug-likeness (QED) is 0.0373. The van der Waals surface area contributed by atoms with Crippen LogP contribution < -0.4 is 0 Å². The Morgan fingerprint density at radius 2 is 0.759 bits per heavy atom. The molecule has 0 aromatic heterocycles. The molecule has 0 radical (unpaired) electrons. The van der Waals surface area contributed by atoms with Crippen molar-refractivity contribution in [3.8, 4) is 0 Å². The van der Waals surface area contributed by atoms with Crippen LogP contribution in [0.3, 0.4) is 0 Å². The van der Waals surface area contributed by atoms with Gasteiger partial charge in [-0.05, 0) is 86.8 Å². The topological polar surface area (TPSA) is 25.3 Å². The van der Waals surface area contributed by atoms with Crippen molar-refractivity contribution in [3.63, 3.8) is 0 Å². The van der Waals surface area contributed by atoms with Crippen LogP contribution in [-0.2, 0) is 29.3 Å². The van der Waals surface area contributed by atoms with Crippen molar-refractivity contribution in [2.75, 3.05) is 0 Å². The first-order chi connectivity index (χ1) is 26.0. The Bertz CT molecular complexity index is 1250. The molecule has 2 aromatic rings. The number of allylic oxidation sites excluding steroid dienone is 2. The molecule has 1 aliphatic rings. The van der Waals surface area contributed by atoms with Crippen molar-refractivity contribution < 1.29 is 21.2 Å². The first-order valence-corrected chi connectivity index (χ1v) is 22.7. The van der Waals surface area contributed by atoms with Gasteiger partial charge in [-0.15, -0.1) is 0 Å². The molecule has 3 heteroatoms. The summed E-state index contributed by atoms with van der Waals surface area (Å²) in [4.78, 5) is 0. The molecule has 0 unspecified atom stereocenters. The minimum atomic E-state index is 0. The molecule has 2 aromatic carbocycles. The average molecular weight is 784 g/mol. The van der Waals surface area contributed by atoms with Crippen LogP contribution in [0.5, 0.6) is 0 Å². The smallest absolute Gasteiger partial charge is 0.493 e. The molecule has 0 atom stereocenters. The maximum Gasteiger partial charge on any atom is 2.00 e. The number of hydrogen-bond donors (Lipinski definition) is 0. The Morgan fingerprint density at radius 3 is 1.15 bits per heavy atom. The third-order valence-electron chi connectivity index (χ3n) is 10.4. The molecular formula is C51H84N2Ni. The number of benzene rings is 2. The summed E-state index contributed by atoms with van der Waals surface area (Å²) in [6.45, 7) is 21.1. The van der Waals surface area contributed by atoms with Crippen LogP contribution in [0.2, 0.25) is 0 Å². The maximum absolute atomic E-state index is 11.8. The van der Waals surface area contributed by atoms with Crippen LogP contribution in [-0.4, -0.2) is 4.70 Å². The van der Waals surface area contributed by atoms with E-state index in [1.54, 1.807) is 4.70 Å². The molecule has 0 saturated heterocycles. The van der Waals surface area contributed by atoms with Crippen LogP contribution in [0, 0.1) is 13.8 Å². The average Bonchev–Trinajstić information content (AvgIpc) is 3.46. The van der Waals surface area contributed by atoms with Gasteiger partial charge in [-0.1, -0.05) is 175 Å². The second-order valence-corrected chi connectivity index (χ2v) is 15.4. The summed E-state index contributed by atoms with van der Waals surface area (Å²) in [6.07, 6.45) is 33.8. The van der Waals surface area contributed by atoms with Gasteiger partial charge in [0.1, 0.15) is 0 Å². The van der Waals surface area contributed by atoms with Gasteiger partial charge in [0.2, 0.25) is 11.4 Å². The molecule has 308 valence electrons. The molecule has 0 N–H and O–H groups in total.